The second-order valence-corrected chi connectivity index (χ2v) is 4.76. The van der Waals surface area contributed by atoms with E-state index in [1.54, 1.807) is 6.07 Å². The average molecular weight is 285 g/mol. The van der Waals surface area contributed by atoms with Crippen LogP contribution in [0.15, 0.2) is 54.6 Å². The van der Waals surface area contributed by atoms with Crippen LogP contribution < -0.4 is 10.1 Å². The molecule has 0 saturated heterocycles. The van der Waals surface area contributed by atoms with Crippen LogP contribution in [0.25, 0.3) is 0 Å². The van der Waals surface area contributed by atoms with E-state index in [1.165, 1.54) is 6.92 Å². The van der Waals surface area contributed by atoms with E-state index in [1.807, 2.05) is 48.5 Å². The van der Waals surface area contributed by atoms with Crippen LogP contribution in [0.2, 0.25) is 0 Å². The Bertz CT molecular complexity index is 584. The fraction of sp³-hybridized carbons (Fsp3) is 0.235. The topological polar surface area (TPSA) is 58.6 Å². The van der Waals surface area contributed by atoms with Gasteiger partial charge in [-0.2, -0.15) is 0 Å². The van der Waals surface area contributed by atoms with E-state index in [-0.39, 0.29) is 12.4 Å². The minimum absolute atomic E-state index is 0.00637. The smallest absolute Gasteiger partial charge is 0.161 e. The number of ether oxygens (including phenoxy) is 1. The molecule has 0 bridgehead atoms. The normalized spacial score (nSPS) is 11.7. The summed E-state index contributed by atoms with van der Waals surface area (Å²) in [6, 6.07) is 16.6. The van der Waals surface area contributed by atoms with Crippen LogP contribution in [-0.2, 0) is 0 Å². The molecule has 2 aromatic carbocycles. The van der Waals surface area contributed by atoms with Crippen molar-refractivity contribution in [2.24, 2.45) is 0 Å². The number of para-hydroxylation sites is 2. The third kappa shape index (κ3) is 4.61. The van der Waals surface area contributed by atoms with Gasteiger partial charge in [-0.3, -0.25) is 4.79 Å². The largest absolute Gasteiger partial charge is 0.491 e. The van der Waals surface area contributed by atoms with Gasteiger partial charge >= 0.3 is 0 Å². The van der Waals surface area contributed by atoms with E-state index in [0.717, 1.165) is 11.4 Å². The highest BCUT2D eigenvalue weighted by molar-refractivity contribution is 5.99. The lowest BCUT2D eigenvalue weighted by atomic mass is 10.1. The van der Waals surface area contributed by atoms with Crippen molar-refractivity contribution in [3.8, 4) is 5.75 Å². The number of carbonyl (C=O) groups excluding carboxylic acids is 1. The van der Waals surface area contributed by atoms with Gasteiger partial charge in [-0.1, -0.05) is 30.3 Å². The molecule has 4 nitrogen and oxygen atoms in total. The molecule has 0 heterocycles. The average Bonchev–Trinajstić information content (AvgIpc) is 2.52. The molecule has 0 unspecified atom stereocenters. The number of Topliss-reactive ketones (excluding diaryl/α,β-unsaturated/α-hetero) is 1. The van der Waals surface area contributed by atoms with E-state index >= 15 is 0 Å². The minimum Gasteiger partial charge on any atom is -0.491 e. The number of benzene rings is 2. The van der Waals surface area contributed by atoms with Gasteiger partial charge in [0.1, 0.15) is 18.5 Å². The van der Waals surface area contributed by atoms with E-state index in [2.05, 4.69) is 5.32 Å². The summed E-state index contributed by atoms with van der Waals surface area (Å²) < 4.78 is 5.48. The van der Waals surface area contributed by atoms with E-state index in [4.69, 9.17) is 4.74 Å². The highest BCUT2D eigenvalue weighted by atomic mass is 16.5. The number of hydrogen-bond acceptors (Lipinski definition) is 4. The first kappa shape index (κ1) is 15.1. The maximum atomic E-state index is 11.5. The molecule has 0 aliphatic heterocycles. The molecule has 2 N–H and O–H groups in total. The number of nitrogens with one attached hydrogen (secondary N) is 1. The second-order valence-electron chi connectivity index (χ2n) is 4.76. The summed E-state index contributed by atoms with van der Waals surface area (Å²) in [5, 5.41) is 13.0. The number of aliphatic hydroxyl groups is 1. The molecule has 0 radical (unpaired) electrons. The van der Waals surface area contributed by atoms with E-state index in [9.17, 15) is 9.90 Å². The number of hydrogen-bond donors (Lipinski definition) is 2. The Morgan fingerprint density at radius 2 is 1.81 bits per heavy atom. The molecule has 4 heteroatoms. The fourth-order valence-corrected chi connectivity index (χ4v) is 1.94. The SMILES string of the molecule is CC(=O)c1ccccc1NC[C@@H](O)COc1ccccc1. The minimum atomic E-state index is -0.662. The van der Waals surface area contributed by atoms with Gasteiger partial charge in [0.05, 0.1) is 0 Å². The first-order chi connectivity index (χ1) is 10.2. The second kappa shape index (κ2) is 7.45. The lowest BCUT2D eigenvalue weighted by Gasteiger charge is -2.15. The number of anilines is 1. The van der Waals surface area contributed by atoms with Crippen molar-refractivity contribution in [2.45, 2.75) is 13.0 Å². The van der Waals surface area contributed by atoms with Crippen LogP contribution >= 0.6 is 0 Å². The zero-order chi connectivity index (χ0) is 15.1. The molecule has 0 saturated carbocycles. The van der Waals surface area contributed by atoms with Crippen molar-refractivity contribution in [2.75, 3.05) is 18.5 Å². The molecule has 110 valence electrons. The zero-order valence-corrected chi connectivity index (χ0v) is 12.0. The Kier molecular flexibility index (Phi) is 5.35. The molecule has 0 fully saturated rings. The van der Waals surface area contributed by atoms with Gasteiger partial charge in [-0.25, -0.2) is 0 Å². The van der Waals surface area contributed by atoms with Crippen molar-refractivity contribution in [3.63, 3.8) is 0 Å². The third-order valence-electron chi connectivity index (χ3n) is 3.02. The molecule has 0 amide bonds. The van der Waals surface area contributed by atoms with Crippen LogP contribution in [-0.4, -0.2) is 30.1 Å². The van der Waals surface area contributed by atoms with Crippen LogP contribution in [0.5, 0.6) is 5.75 Å². The van der Waals surface area contributed by atoms with Gasteiger partial charge in [-0.05, 0) is 31.2 Å². The Morgan fingerprint density at radius 3 is 2.52 bits per heavy atom. The Labute approximate surface area is 124 Å². The molecule has 0 spiro atoms. The molecule has 21 heavy (non-hydrogen) atoms. The predicted molar refractivity (Wildman–Crippen MR) is 82.9 cm³/mol. The van der Waals surface area contributed by atoms with Crippen LogP contribution in [0.3, 0.4) is 0 Å². The van der Waals surface area contributed by atoms with Crippen molar-refractivity contribution in [1.29, 1.82) is 0 Å². The van der Waals surface area contributed by atoms with Crippen molar-refractivity contribution < 1.29 is 14.6 Å². The summed E-state index contributed by atoms with van der Waals surface area (Å²) in [4.78, 5) is 11.5. The van der Waals surface area contributed by atoms with Crippen LogP contribution in [0, 0.1) is 0 Å². The highest BCUT2D eigenvalue weighted by Crippen LogP contribution is 2.15. The number of carbonyl (C=O) groups is 1. The van der Waals surface area contributed by atoms with Crippen molar-refractivity contribution in [1.82, 2.24) is 0 Å². The first-order valence-corrected chi connectivity index (χ1v) is 6.86. The Hall–Kier alpha value is -2.33. The van der Waals surface area contributed by atoms with Crippen LogP contribution in [0.4, 0.5) is 5.69 Å². The maximum Gasteiger partial charge on any atom is 0.161 e. The maximum absolute atomic E-state index is 11.5. The Balaban J connectivity index is 1.84. The molecular formula is C17H19NO3. The van der Waals surface area contributed by atoms with E-state index in [0.29, 0.717) is 12.1 Å². The highest BCUT2D eigenvalue weighted by Gasteiger charge is 2.09. The lowest BCUT2D eigenvalue weighted by Crippen LogP contribution is -2.26. The number of aliphatic hydroxyl groups excluding tert-OH is 1. The molecule has 0 aliphatic carbocycles. The van der Waals surface area contributed by atoms with E-state index < -0.39 is 6.10 Å². The van der Waals surface area contributed by atoms with Gasteiger partial charge in [-0.15, -0.1) is 0 Å². The molecule has 2 aromatic rings. The molecule has 2 rings (SSSR count). The molecular weight excluding hydrogens is 266 g/mol. The van der Waals surface area contributed by atoms with Gasteiger partial charge in [0.25, 0.3) is 0 Å². The van der Waals surface area contributed by atoms with Gasteiger partial charge in [0.15, 0.2) is 5.78 Å². The molecule has 1 atom stereocenters. The number of rotatable bonds is 7. The first-order valence-electron chi connectivity index (χ1n) is 6.86. The standard InChI is InChI=1S/C17H19NO3/c1-13(19)16-9-5-6-10-17(16)18-11-14(20)12-21-15-7-3-2-4-8-15/h2-10,14,18,20H,11-12H2,1H3/t14-/m1/s1. The van der Waals surface area contributed by atoms with Crippen molar-refractivity contribution in [3.05, 3.63) is 60.2 Å². The van der Waals surface area contributed by atoms with Gasteiger partial charge in [0.2, 0.25) is 0 Å². The number of ketones is 1. The summed E-state index contributed by atoms with van der Waals surface area (Å²) in [5.41, 5.74) is 1.34. The summed E-state index contributed by atoms with van der Waals surface area (Å²) in [6.07, 6.45) is -0.662. The summed E-state index contributed by atoms with van der Waals surface area (Å²) in [7, 11) is 0. The Morgan fingerprint density at radius 1 is 1.14 bits per heavy atom. The summed E-state index contributed by atoms with van der Waals surface area (Å²) in [6.45, 7) is 2.03. The van der Waals surface area contributed by atoms with Crippen LogP contribution in [0.1, 0.15) is 17.3 Å². The quantitative estimate of drug-likeness (QED) is 0.768. The summed E-state index contributed by atoms with van der Waals surface area (Å²) >= 11 is 0. The monoisotopic (exact) mass is 285 g/mol. The lowest BCUT2D eigenvalue weighted by molar-refractivity contribution is 0.101. The van der Waals surface area contributed by atoms with Gasteiger partial charge < -0.3 is 15.2 Å². The fourth-order valence-electron chi connectivity index (χ4n) is 1.94. The van der Waals surface area contributed by atoms with Gasteiger partial charge in [0, 0.05) is 17.8 Å². The zero-order valence-electron chi connectivity index (χ0n) is 12.0. The molecule has 0 aliphatic rings. The van der Waals surface area contributed by atoms with Crippen molar-refractivity contribution >= 4 is 11.5 Å². The third-order valence-corrected chi connectivity index (χ3v) is 3.02. The molecule has 0 aromatic heterocycles. The summed E-state index contributed by atoms with van der Waals surface area (Å²) in [5.74, 6) is 0.716. The predicted octanol–water partition coefficient (Wildman–Crippen LogP) is 2.74.